The number of hydrogen-bond acceptors (Lipinski definition) is 7. The topological polar surface area (TPSA) is 132 Å². The summed E-state index contributed by atoms with van der Waals surface area (Å²) in [5.74, 6) is 0.560. The van der Waals surface area contributed by atoms with E-state index in [1.165, 1.54) is 6.08 Å². The van der Waals surface area contributed by atoms with Gasteiger partial charge in [-0.1, -0.05) is 48.0 Å². The maximum absolute atomic E-state index is 13.0. The monoisotopic (exact) mass is 645 g/mol. The molecule has 11 heteroatoms. The third-order valence-electron chi connectivity index (χ3n) is 5.74. The summed E-state index contributed by atoms with van der Waals surface area (Å²) in [4.78, 5) is 25.7. The number of hydrogen-bond donors (Lipinski definition) is 4. The average molecular weight is 647 g/mol. The second-order valence-corrected chi connectivity index (χ2v) is 10.8. The fourth-order valence-corrected chi connectivity index (χ4v) is 5.05. The summed E-state index contributed by atoms with van der Waals surface area (Å²) in [6, 6.07) is 15.2. The van der Waals surface area contributed by atoms with Crippen LogP contribution < -0.4 is 25.8 Å². The summed E-state index contributed by atoms with van der Waals surface area (Å²) < 4.78 is 17.6. The quantitative estimate of drug-likeness (QED) is 0.165. The first-order chi connectivity index (χ1) is 18.0. The van der Waals surface area contributed by atoms with Gasteiger partial charge >= 0.3 is 6.09 Å². The third-order valence-corrected chi connectivity index (χ3v) is 6.80. The number of ether oxygens (including phenoxy) is 3. The molecule has 9 nitrogen and oxygen atoms in total. The summed E-state index contributed by atoms with van der Waals surface area (Å²) in [6.07, 6.45) is 1.17. The van der Waals surface area contributed by atoms with E-state index in [0.717, 1.165) is 0 Å². The Morgan fingerprint density at radius 3 is 2.58 bits per heavy atom. The number of amides is 2. The standard InChI is InChI=1S/C27H25Br2N3O6/c1-27(2,10-9-23(33)32-20-6-4-3-5-19(20)30)25(17-11-15(28)12-18(29)24(17)34)38-26(35)31-16-7-8-21-22(13-16)37-14-36-21/h3-13,25,34H,14,30H2,1-2H3,(H,31,35)(H,32,33)/b10-9+/t25-/m0/s1. The molecule has 0 radical (unpaired) electrons. The van der Waals surface area contributed by atoms with Crippen molar-refractivity contribution in [2.45, 2.75) is 20.0 Å². The van der Waals surface area contributed by atoms with Gasteiger partial charge in [-0.3, -0.25) is 10.1 Å². The Kier molecular flexibility index (Phi) is 8.17. The van der Waals surface area contributed by atoms with E-state index in [2.05, 4.69) is 42.5 Å². The predicted molar refractivity (Wildman–Crippen MR) is 151 cm³/mol. The van der Waals surface area contributed by atoms with Gasteiger partial charge in [0.25, 0.3) is 0 Å². The largest absolute Gasteiger partial charge is 0.506 e. The highest BCUT2D eigenvalue weighted by atomic mass is 79.9. The predicted octanol–water partition coefficient (Wildman–Crippen LogP) is 6.74. The zero-order chi connectivity index (χ0) is 27.4. The highest BCUT2D eigenvalue weighted by Gasteiger charge is 2.35. The zero-order valence-corrected chi connectivity index (χ0v) is 23.6. The number of rotatable bonds is 7. The molecule has 1 aliphatic heterocycles. The molecule has 0 fully saturated rings. The summed E-state index contributed by atoms with van der Waals surface area (Å²) >= 11 is 6.75. The van der Waals surface area contributed by atoms with Crippen molar-refractivity contribution in [1.82, 2.24) is 0 Å². The summed E-state index contributed by atoms with van der Waals surface area (Å²) in [5, 5.41) is 16.2. The molecule has 0 bridgehead atoms. The normalized spacial score (nSPS) is 13.3. The van der Waals surface area contributed by atoms with E-state index in [1.807, 2.05) is 0 Å². The van der Waals surface area contributed by atoms with E-state index >= 15 is 0 Å². The number of carbonyl (C=O) groups is 2. The molecule has 198 valence electrons. The van der Waals surface area contributed by atoms with Crippen molar-refractivity contribution in [1.29, 1.82) is 0 Å². The number of nitrogen functional groups attached to an aromatic ring is 1. The van der Waals surface area contributed by atoms with Crippen LogP contribution in [0.3, 0.4) is 0 Å². The molecule has 0 unspecified atom stereocenters. The van der Waals surface area contributed by atoms with Crippen LogP contribution in [-0.4, -0.2) is 23.9 Å². The highest BCUT2D eigenvalue weighted by molar-refractivity contribution is 9.11. The number of nitrogens with one attached hydrogen (secondary N) is 2. The molecule has 3 aromatic carbocycles. The number of benzene rings is 3. The minimum absolute atomic E-state index is 0.0999. The van der Waals surface area contributed by atoms with Gasteiger partial charge in [0, 0.05) is 27.2 Å². The molecule has 1 atom stereocenters. The van der Waals surface area contributed by atoms with E-state index < -0.39 is 23.5 Å². The molecular formula is C27H25Br2N3O6. The average Bonchev–Trinajstić information content (AvgIpc) is 3.33. The first kappa shape index (κ1) is 27.3. The smallest absolute Gasteiger partial charge is 0.412 e. The van der Waals surface area contributed by atoms with Crippen LogP contribution in [0.2, 0.25) is 0 Å². The van der Waals surface area contributed by atoms with Crippen molar-refractivity contribution in [2.75, 3.05) is 23.2 Å². The van der Waals surface area contributed by atoms with Crippen LogP contribution >= 0.6 is 31.9 Å². The van der Waals surface area contributed by atoms with E-state index in [-0.39, 0.29) is 12.5 Å². The molecule has 0 aliphatic carbocycles. The van der Waals surface area contributed by atoms with Gasteiger partial charge in [0.15, 0.2) is 11.5 Å². The third kappa shape index (κ3) is 6.40. The highest BCUT2D eigenvalue weighted by Crippen LogP contribution is 2.45. The van der Waals surface area contributed by atoms with Crippen LogP contribution in [0, 0.1) is 5.41 Å². The Balaban J connectivity index is 1.59. The van der Waals surface area contributed by atoms with Gasteiger partial charge in [0.1, 0.15) is 11.9 Å². The second kappa shape index (κ2) is 11.4. The number of phenolic OH excluding ortho intramolecular Hbond substituents is 1. The van der Waals surface area contributed by atoms with Gasteiger partial charge in [-0.25, -0.2) is 4.79 Å². The number of phenols is 1. The number of anilines is 3. The van der Waals surface area contributed by atoms with Gasteiger partial charge in [-0.2, -0.15) is 0 Å². The van der Waals surface area contributed by atoms with Crippen LogP contribution in [0.4, 0.5) is 21.9 Å². The number of para-hydroxylation sites is 2. The van der Waals surface area contributed by atoms with Crippen LogP contribution in [-0.2, 0) is 9.53 Å². The van der Waals surface area contributed by atoms with Crippen molar-refractivity contribution in [3.05, 3.63) is 81.3 Å². The molecule has 0 saturated carbocycles. The van der Waals surface area contributed by atoms with E-state index in [1.54, 1.807) is 74.5 Å². The first-order valence-electron chi connectivity index (χ1n) is 11.4. The van der Waals surface area contributed by atoms with Gasteiger partial charge in [0.2, 0.25) is 12.7 Å². The second-order valence-electron chi connectivity index (χ2n) is 9.04. The van der Waals surface area contributed by atoms with Gasteiger partial charge in [-0.05, 0) is 58.4 Å². The Hall–Kier alpha value is -3.70. The lowest BCUT2D eigenvalue weighted by atomic mass is 9.81. The lowest BCUT2D eigenvalue weighted by Crippen LogP contribution is -2.28. The van der Waals surface area contributed by atoms with E-state index in [9.17, 15) is 14.7 Å². The van der Waals surface area contributed by atoms with Crippen molar-refractivity contribution >= 4 is 60.9 Å². The number of nitrogens with two attached hydrogens (primary N) is 1. The maximum Gasteiger partial charge on any atom is 0.412 e. The van der Waals surface area contributed by atoms with Crippen molar-refractivity contribution in [2.24, 2.45) is 5.41 Å². The minimum Gasteiger partial charge on any atom is -0.506 e. The van der Waals surface area contributed by atoms with E-state index in [4.69, 9.17) is 19.9 Å². The Morgan fingerprint density at radius 1 is 1.08 bits per heavy atom. The fourth-order valence-electron chi connectivity index (χ4n) is 3.79. The molecule has 2 amide bonds. The first-order valence-corrected chi connectivity index (χ1v) is 13.0. The molecule has 0 aromatic heterocycles. The Labute approximate surface area is 236 Å². The summed E-state index contributed by atoms with van der Waals surface area (Å²) in [7, 11) is 0. The molecule has 4 rings (SSSR count). The summed E-state index contributed by atoms with van der Waals surface area (Å²) in [6.45, 7) is 3.66. The van der Waals surface area contributed by atoms with Crippen molar-refractivity contribution < 1.29 is 28.9 Å². The van der Waals surface area contributed by atoms with Crippen LogP contribution in [0.15, 0.2) is 75.7 Å². The molecule has 0 spiro atoms. The molecule has 5 N–H and O–H groups in total. The van der Waals surface area contributed by atoms with Crippen LogP contribution in [0.25, 0.3) is 0 Å². The molecule has 1 aliphatic rings. The van der Waals surface area contributed by atoms with Gasteiger partial charge in [0.05, 0.1) is 15.8 Å². The number of aromatic hydroxyl groups is 1. The Bertz CT molecular complexity index is 1410. The van der Waals surface area contributed by atoms with E-state index in [0.29, 0.717) is 43.1 Å². The maximum atomic E-state index is 13.0. The van der Waals surface area contributed by atoms with Gasteiger partial charge in [-0.15, -0.1) is 0 Å². The molecule has 0 saturated heterocycles. The molecular weight excluding hydrogens is 622 g/mol. The number of halogens is 2. The lowest BCUT2D eigenvalue weighted by Gasteiger charge is -2.32. The lowest BCUT2D eigenvalue weighted by molar-refractivity contribution is -0.112. The van der Waals surface area contributed by atoms with Gasteiger partial charge < -0.3 is 30.4 Å². The molecule has 38 heavy (non-hydrogen) atoms. The molecule has 3 aromatic rings. The number of carbonyl (C=O) groups excluding carboxylic acids is 2. The van der Waals surface area contributed by atoms with Crippen molar-refractivity contribution in [3.63, 3.8) is 0 Å². The molecule has 1 heterocycles. The fraction of sp³-hybridized carbons (Fsp3) is 0.185. The minimum atomic E-state index is -1.00. The summed E-state index contributed by atoms with van der Waals surface area (Å²) in [5.41, 5.74) is 6.63. The van der Waals surface area contributed by atoms with Crippen LogP contribution in [0.1, 0.15) is 25.5 Å². The number of fused-ring (bicyclic) bond motifs is 1. The Morgan fingerprint density at radius 2 is 1.82 bits per heavy atom. The SMILES string of the molecule is CC(C)(/C=C/C(=O)Nc1ccccc1N)[C@@H](OC(=O)Nc1ccc2c(c1)OCO2)c1cc(Br)cc(Br)c1O. The van der Waals surface area contributed by atoms with Crippen molar-refractivity contribution in [3.8, 4) is 17.2 Å². The van der Waals surface area contributed by atoms with Crippen LogP contribution in [0.5, 0.6) is 17.2 Å². The zero-order valence-electron chi connectivity index (χ0n) is 20.5.